The molecule has 0 radical (unpaired) electrons. The van der Waals surface area contributed by atoms with Gasteiger partial charge in [-0.3, -0.25) is 4.98 Å². The van der Waals surface area contributed by atoms with E-state index in [1.54, 1.807) is 0 Å². The van der Waals surface area contributed by atoms with E-state index in [-0.39, 0.29) is 12.1 Å². The minimum atomic E-state index is -0.0136. The number of hydrogen-bond donors (Lipinski definition) is 1. The van der Waals surface area contributed by atoms with Gasteiger partial charge in [-0.1, -0.05) is 23.7 Å². The van der Waals surface area contributed by atoms with Crippen LogP contribution in [0.1, 0.15) is 40.3 Å². The van der Waals surface area contributed by atoms with Crippen molar-refractivity contribution in [2.24, 2.45) is 0 Å². The average molecular weight is 468 g/mol. The number of rotatable bonds is 6. The van der Waals surface area contributed by atoms with Gasteiger partial charge in [0.1, 0.15) is 0 Å². The lowest BCUT2D eigenvalue weighted by atomic mass is 9.96. The van der Waals surface area contributed by atoms with Gasteiger partial charge in [-0.2, -0.15) is 0 Å². The number of aryl methyl sites for hydroxylation is 1. The van der Waals surface area contributed by atoms with Crippen LogP contribution >= 0.6 is 23.8 Å². The maximum Gasteiger partial charge on any atom is 0.170 e. The van der Waals surface area contributed by atoms with Crippen molar-refractivity contribution in [1.82, 2.24) is 24.7 Å². The fourth-order valence-electron chi connectivity index (χ4n) is 4.59. The number of thiocarbonyl (C=S) groups is 1. The first-order valence-electron chi connectivity index (χ1n) is 10.9. The molecule has 1 aromatic carbocycles. The quantitative estimate of drug-likeness (QED) is 0.517. The third-order valence-corrected chi connectivity index (χ3v) is 7.02. The maximum atomic E-state index is 6.46. The summed E-state index contributed by atoms with van der Waals surface area (Å²) in [5.41, 5.74) is 6.81. The Morgan fingerprint density at radius 1 is 1.12 bits per heavy atom. The zero-order valence-corrected chi connectivity index (χ0v) is 20.8. The molecule has 3 heterocycles. The Labute approximate surface area is 201 Å². The molecule has 0 spiro atoms. The van der Waals surface area contributed by atoms with Crippen LogP contribution < -0.4 is 5.32 Å². The van der Waals surface area contributed by atoms with E-state index in [2.05, 4.69) is 77.7 Å². The number of aromatic nitrogens is 2. The number of nitrogens with zero attached hydrogens (tertiary/aromatic N) is 4. The Morgan fingerprint density at radius 2 is 1.91 bits per heavy atom. The second kappa shape index (κ2) is 9.22. The normalized spacial score (nSPS) is 18.5. The standard InChI is InChI=1S/C25H30ClN5S/c1-16-15-19(18(3)31(16)22-11-8-9-20(26)17(22)2)24-23(21-10-6-7-12-27-21)28-25(32)30(24)14-13-29(4)5/h6-12,15,23-24H,13-14H2,1-5H3,(H,28,32)/t23-,24-/m1/s1. The van der Waals surface area contributed by atoms with Crippen LogP contribution in [0.5, 0.6) is 0 Å². The van der Waals surface area contributed by atoms with Crippen LogP contribution in [0.4, 0.5) is 0 Å². The molecule has 168 valence electrons. The predicted molar refractivity (Wildman–Crippen MR) is 136 cm³/mol. The number of benzene rings is 1. The number of likely N-dealkylation sites (N-methyl/N-ethyl adjacent to an activating group) is 1. The van der Waals surface area contributed by atoms with E-state index in [1.807, 2.05) is 30.5 Å². The molecule has 2 atom stereocenters. The third-order valence-electron chi connectivity index (χ3n) is 6.25. The van der Waals surface area contributed by atoms with E-state index < -0.39 is 0 Å². The van der Waals surface area contributed by atoms with Crippen LogP contribution in [0.3, 0.4) is 0 Å². The molecular formula is C25H30ClN5S. The van der Waals surface area contributed by atoms with Gasteiger partial charge in [-0.05, 0) is 88.5 Å². The Kier molecular flexibility index (Phi) is 6.56. The highest BCUT2D eigenvalue weighted by atomic mass is 35.5. The van der Waals surface area contributed by atoms with Crippen molar-refractivity contribution in [3.8, 4) is 5.69 Å². The molecule has 1 fully saturated rings. The van der Waals surface area contributed by atoms with E-state index in [4.69, 9.17) is 23.8 Å². The first-order valence-corrected chi connectivity index (χ1v) is 11.7. The van der Waals surface area contributed by atoms with Gasteiger partial charge < -0.3 is 19.7 Å². The Balaban J connectivity index is 1.83. The van der Waals surface area contributed by atoms with Crippen LogP contribution in [-0.2, 0) is 0 Å². The summed E-state index contributed by atoms with van der Waals surface area (Å²) in [6.45, 7) is 8.16. The van der Waals surface area contributed by atoms with Gasteiger partial charge in [-0.25, -0.2) is 0 Å². The molecule has 4 rings (SSSR count). The van der Waals surface area contributed by atoms with E-state index in [1.165, 1.54) is 17.0 Å². The largest absolute Gasteiger partial charge is 0.352 e. The van der Waals surface area contributed by atoms with Crippen LogP contribution in [0.2, 0.25) is 5.02 Å². The summed E-state index contributed by atoms with van der Waals surface area (Å²) in [6, 6.07) is 14.5. The highest BCUT2D eigenvalue weighted by Crippen LogP contribution is 2.41. The van der Waals surface area contributed by atoms with E-state index in [0.717, 1.165) is 40.2 Å². The van der Waals surface area contributed by atoms with Crippen molar-refractivity contribution in [2.75, 3.05) is 27.2 Å². The molecule has 1 aliphatic heterocycles. The van der Waals surface area contributed by atoms with Gasteiger partial charge in [0, 0.05) is 41.4 Å². The molecule has 3 aromatic rings. The number of hydrogen-bond acceptors (Lipinski definition) is 3. The summed E-state index contributed by atoms with van der Waals surface area (Å²) in [6.07, 6.45) is 1.85. The highest BCUT2D eigenvalue weighted by molar-refractivity contribution is 7.80. The fourth-order valence-corrected chi connectivity index (χ4v) is 5.09. The van der Waals surface area contributed by atoms with E-state index >= 15 is 0 Å². The van der Waals surface area contributed by atoms with E-state index in [0.29, 0.717) is 0 Å². The first kappa shape index (κ1) is 22.8. The molecule has 0 saturated carbocycles. The zero-order chi connectivity index (χ0) is 23.0. The van der Waals surface area contributed by atoms with E-state index in [9.17, 15) is 0 Å². The van der Waals surface area contributed by atoms with Crippen molar-refractivity contribution >= 4 is 28.9 Å². The smallest absolute Gasteiger partial charge is 0.170 e. The number of pyridine rings is 1. The lowest BCUT2D eigenvalue weighted by molar-refractivity contribution is 0.277. The van der Waals surface area contributed by atoms with Gasteiger partial charge >= 0.3 is 0 Å². The zero-order valence-electron chi connectivity index (χ0n) is 19.3. The van der Waals surface area contributed by atoms with Gasteiger partial charge in [0.15, 0.2) is 5.11 Å². The molecule has 5 nitrogen and oxygen atoms in total. The molecule has 0 amide bonds. The lowest BCUT2D eigenvalue weighted by Crippen LogP contribution is -2.35. The fraction of sp³-hybridized carbons (Fsp3) is 0.360. The average Bonchev–Trinajstić information content (AvgIpc) is 3.24. The molecular weight excluding hydrogens is 438 g/mol. The molecule has 0 aliphatic carbocycles. The number of nitrogens with one attached hydrogen (secondary N) is 1. The topological polar surface area (TPSA) is 36.3 Å². The van der Waals surface area contributed by atoms with Gasteiger partial charge in [-0.15, -0.1) is 0 Å². The predicted octanol–water partition coefficient (Wildman–Crippen LogP) is 4.99. The van der Waals surface area contributed by atoms with Crippen LogP contribution in [-0.4, -0.2) is 51.6 Å². The summed E-state index contributed by atoms with van der Waals surface area (Å²) >= 11 is 12.3. The van der Waals surface area contributed by atoms with Crippen molar-refractivity contribution < 1.29 is 0 Å². The van der Waals surface area contributed by atoms with Crippen LogP contribution in [0.15, 0.2) is 48.7 Å². The number of halogens is 1. The SMILES string of the molecule is Cc1c(Cl)cccc1-n1c(C)cc([C@@H]2[C@@H](c3ccccn3)NC(=S)N2CCN(C)C)c1C. The minimum Gasteiger partial charge on any atom is -0.352 e. The van der Waals surface area contributed by atoms with Crippen molar-refractivity contribution in [3.05, 3.63) is 81.9 Å². The van der Waals surface area contributed by atoms with Gasteiger partial charge in [0.25, 0.3) is 0 Å². The molecule has 2 aromatic heterocycles. The second-order valence-corrected chi connectivity index (χ2v) is 9.46. The Morgan fingerprint density at radius 3 is 2.59 bits per heavy atom. The minimum absolute atomic E-state index is 0.0136. The van der Waals surface area contributed by atoms with Crippen molar-refractivity contribution in [3.63, 3.8) is 0 Å². The van der Waals surface area contributed by atoms with Crippen LogP contribution in [0, 0.1) is 20.8 Å². The lowest BCUT2D eigenvalue weighted by Gasteiger charge is -2.29. The Hall–Kier alpha value is -2.41. The van der Waals surface area contributed by atoms with Gasteiger partial charge in [0.05, 0.1) is 17.8 Å². The molecule has 7 heteroatoms. The summed E-state index contributed by atoms with van der Waals surface area (Å²) in [4.78, 5) is 9.16. The summed E-state index contributed by atoms with van der Waals surface area (Å²) < 4.78 is 2.30. The highest BCUT2D eigenvalue weighted by Gasteiger charge is 2.41. The monoisotopic (exact) mass is 467 g/mol. The Bertz CT molecular complexity index is 1120. The maximum absolute atomic E-state index is 6.46. The molecule has 32 heavy (non-hydrogen) atoms. The van der Waals surface area contributed by atoms with Crippen LogP contribution in [0.25, 0.3) is 5.69 Å². The summed E-state index contributed by atoms with van der Waals surface area (Å²) in [5.74, 6) is 0. The summed E-state index contributed by atoms with van der Waals surface area (Å²) in [7, 11) is 4.18. The molecule has 1 aliphatic rings. The van der Waals surface area contributed by atoms with Crippen molar-refractivity contribution in [2.45, 2.75) is 32.9 Å². The van der Waals surface area contributed by atoms with Crippen molar-refractivity contribution in [1.29, 1.82) is 0 Å². The van der Waals surface area contributed by atoms with Gasteiger partial charge in [0.2, 0.25) is 0 Å². The summed E-state index contributed by atoms with van der Waals surface area (Å²) in [5, 5.41) is 5.11. The molecule has 1 N–H and O–H groups in total. The molecule has 0 bridgehead atoms. The third kappa shape index (κ3) is 4.15. The molecule has 1 saturated heterocycles. The second-order valence-electron chi connectivity index (χ2n) is 8.67. The first-order chi connectivity index (χ1) is 15.3. The molecule has 0 unspecified atom stereocenters.